The lowest BCUT2D eigenvalue weighted by Crippen LogP contribution is -2.08. The quantitative estimate of drug-likeness (QED) is 0.0916. The summed E-state index contributed by atoms with van der Waals surface area (Å²) in [4.78, 5) is 50.9. The van der Waals surface area contributed by atoms with Gasteiger partial charge in [0.2, 0.25) is 23.0 Å². The molecule has 0 saturated heterocycles. The Balaban J connectivity index is 0.000000204. The Bertz CT molecular complexity index is 2290. The fraction of sp³-hybridized carbons (Fsp3) is 0.118. The molecule has 4 aromatic heterocycles. The van der Waals surface area contributed by atoms with E-state index in [2.05, 4.69) is 20.2 Å². The largest absolute Gasteiger partial charge is 0.504 e. The molecule has 284 valence electrons. The van der Waals surface area contributed by atoms with Crippen molar-refractivity contribution >= 4 is 23.3 Å². The third-order valence-electron chi connectivity index (χ3n) is 6.58. The van der Waals surface area contributed by atoms with Gasteiger partial charge in [0, 0.05) is 12.4 Å². The van der Waals surface area contributed by atoms with Crippen LogP contribution in [0.3, 0.4) is 0 Å². The average Bonchev–Trinajstić information content (AvgIpc) is 3.78. The van der Waals surface area contributed by atoms with Crippen molar-refractivity contribution in [1.29, 1.82) is 0 Å². The highest BCUT2D eigenvalue weighted by atomic mass is 19.1. The van der Waals surface area contributed by atoms with Crippen LogP contribution >= 0.6 is 0 Å². The van der Waals surface area contributed by atoms with Crippen LogP contribution in [-0.4, -0.2) is 69.6 Å². The van der Waals surface area contributed by atoms with Gasteiger partial charge in [0.25, 0.3) is 0 Å². The number of hydrogen-bond donors (Lipinski definition) is 1. The molecule has 0 atom stereocenters. The number of esters is 2. The number of carbonyl (C=O) groups is 2. The van der Waals surface area contributed by atoms with Crippen molar-refractivity contribution in [3.63, 3.8) is 0 Å². The molecule has 2 aromatic carbocycles. The normalized spacial score (nSPS) is 10.2. The Morgan fingerprint density at radius 3 is 1.75 bits per heavy atom. The van der Waals surface area contributed by atoms with E-state index >= 15 is 0 Å². The molecule has 0 spiro atoms. The molecule has 0 saturated carbocycles. The van der Waals surface area contributed by atoms with Crippen LogP contribution in [-0.2, 0) is 9.47 Å². The van der Waals surface area contributed by atoms with Gasteiger partial charge in [-0.3, -0.25) is 30.2 Å². The van der Waals surface area contributed by atoms with Crippen molar-refractivity contribution in [3.05, 3.63) is 147 Å². The fourth-order valence-electron chi connectivity index (χ4n) is 4.19. The van der Waals surface area contributed by atoms with Crippen LogP contribution in [0.15, 0.2) is 97.8 Å². The Morgan fingerprint density at radius 2 is 1.24 bits per heavy atom. The average molecular weight is 765 g/mol. The molecule has 0 aliphatic carbocycles. The molecule has 21 heteroatoms. The predicted octanol–water partition coefficient (Wildman–Crippen LogP) is 6.31. The Morgan fingerprint density at radius 1 is 0.727 bits per heavy atom. The molecule has 55 heavy (non-hydrogen) atoms. The molecule has 0 aliphatic rings. The van der Waals surface area contributed by atoms with Crippen LogP contribution in [0, 0.1) is 37.7 Å². The summed E-state index contributed by atoms with van der Waals surface area (Å²) >= 11 is 0. The number of halogens is 3. The van der Waals surface area contributed by atoms with Gasteiger partial charge in [-0.1, -0.05) is 0 Å². The number of nitro groups is 2. The summed E-state index contributed by atoms with van der Waals surface area (Å²) in [6, 6.07) is 11.8. The van der Waals surface area contributed by atoms with Crippen LogP contribution in [0.5, 0.6) is 17.2 Å². The van der Waals surface area contributed by atoms with Crippen LogP contribution in [0.2, 0.25) is 0 Å². The van der Waals surface area contributed by atoms with Crippen molar-refractivity contribution in [2.45, 2.75) is 13.8 Å². The van der Waals surface area contributed by atoms with Crippen molar-refractivity contribution < 1.29 is 51.9 Å². The third-order valence-corrected chi connectivity index (χ3v) is 6.58. The number of nitro benzene ring substituents is 2. The standard InChI is InChI=1S/C17H13FN4O5.C11H11N3O3.C6H3F2NO2/c1-2-26-17(23)16-15(10-21(20-16)12-4-3-7-19-9-12)27-14-6-5-11(18)8-13(14)22(24)25;1-2-17-11(16)10-9(15)7-14(13-10)8-4-3-5-12-6-8;7-4-1-2-5(8)6(3-4)9(10)11/h3-10H,2H2,1H3;3-7,15H,2H2,1H3;1-3H. The van der Waals surface area contributed by atoms with Crippen LogP contribution in [0.25, 0.3) is 11.4 Å². The van der Waals surface area contributed by atoms with Gasteiger partial charge in [-0.25, -0.2) is 27.7 Å². The zero-order valence-corrected chi connectivity index (χ0v) is 28.5. The van der Waals surface area contributed by atoms with E-state index in [1.54, 1.807) is 56.7 Å². The number of pyridine rings is 2. The summed E-state index contributed by atoms with van der Waals surface area (Å²) in [5, 5.41) is 38.8. The lowest BCUT2D eigenvalue weighted by atomic mass is 10.3. The highest BCUT2D eigenvalue weighted by Crippen LogP contribution is 2.34. The molecular weight excluding hydrogens is 737 g/mol. The predicted molar refractivity (Wildman–Crippen MR) is 182 cm³/mol. The van der Waals surface area contributed by atoms with E-state index < -0.39 is 50.6 Å². The van der Waals surface area contributed by atoms with E-state index in [-0.39, 0.29) is 41.9 Å². The Labute approximate surface area is 307 Å². The van der Waals surface area contributed by atoms with Gasteiger partial charge in [0.1, 0.15) is 11.6 Å². The van der Waals surface area contributed by atoms with E-state index in [1.165, 1.54) is 28.0 Å². The van der Waals surface area contributed by atoms with Crippen LogP contribution < -0.4 is 4.74 Å². The maximum atomic E-state index is 13.3. The van der Waals surface area contributed by atoms with Gasteiger partial charge in [-0.05, 0) is 62.4 Å². The number of benzene rings is 2. The van der Waals surface area contributed by atoms with Crippen LogP contribution in [0.4, 0.5) is 24.5 Å². The number of rotatable bonds is 10. The fourth-order valence-corrected chi connectivity index (χ4v) is 4.19. The minimum Gasteiger partial charge on any atom is -0.504 e. The summed E-state index contributed by atoms with van der Waals surface area (Å²) in [6.07, 6.45) is 8.96. The lowest BCUT2D eigenvalue weighted by molar-refractivity contribution is -0.387. The zero-order chi connectivity index (χ0) is 40.1. The van der Waals surface area contributed by atoms with Gasteiger partial charge < -0.3 is 19.3 Å². The molecule has 0 bridgehead atoms. The molecule has 1 N–H and O–H groups in total. The number of aromatic hydroxyl groups is 1. The Hall–Kier alpha value is -7.71. The maximum Gasteiger partial charge on any atom is 0.362 e. The molecule has 0 radical (unpaired) electrons. The SMILES string of the molecule is CCOC(=O)c1nn(-c2cccnc2)cc1O.CCOC(=O)c1nn(-c2cccnc2)cc1Oc1ccc(F)cc1[N+](=O)[O-].O=[N+]([O-])c1cc(F)ccc1F. The zero-order valence-electron chi connectivity index (χ0n) is 28.5. The topological polar surface area (TPSA) is 230 Å². The third kappa shape index (κ3) is 10.7. The van der Waals surface area contributed by atoms with E-state index in [0.29, 0.717) is 23.5 Å². The summed E-state index contributed by atoms with van der Waals surface area (Å²) in [6.45, 7) is 3.65. The molecule has 6 aromatic rings. The molecule has 0 unspecified atom stereocenters. The first-order valence-corrected chi connectivity index (χ1v) is 15.6. The monoisotopic (exact) mass is 764 g/mol. The molecule has 0 fully saturated rings. The Kier molecular flexibility index (Phi) is 13.6. The van der Waals surface area contributed by atoms with Crippen molar-refractivity contribution in [2.75, 3.05) is 13.2 Å². The first-order chi connectivity index (χ1) is 26.3. The molecule has 0 amide bonds. The number of ether oxygens (including phenoxy) is 3. The van der Waals surface area contributed by atoms with E-state index in [4.69, 9.17) is 14.2 Å². The highest BCUT2D eigenvalue weighted by Gasteiger charge is 2.25. The molecule has 6 rings (SSSR count). The lowest BCUT2D eigenvalue weighted by Gasteiger charge is -2.06. The second kappa shape index (κ2) is 18.7. The van der Waals surface area contributed by atoms with E-state index in [9.17, 15) is 48.1 Å². The van der Waals surface area contributed by atoms with Gasteiger partial charge in [-0.2, -0.15) is 14.6 Å². The second-order valence-corrected chi connectivity index (χ2v) is 10.3. The molecule has 0 aliphatic heterocycles. The first-order valence-electron chi connectivity index (χ1n) is 15.6. The maximum absolute atomic E-state index is 13.3. The van der Waals surface area contributed by atoms with Gasteiger partial charge in [0.15, 0.2) is 11.5 Å². The van der Waals surface area contributed by atoms with E-state index in [0.717, 1.165) is 24.3 Å². The van der Waals surface area contributed by atoms with Crippen molar-refractivity contribution in [1.82, 2.24) is 29.5 Å². The van der Waals surface area contributed by atoms with Crippen LogP contribution in [0.1, 0.15) is 34.8 Å². The molecule has 4 heterocycles. The second-order valence-electron chi connectivity index (χ2n) is 10.3. The van der Waals surface area contributed by atoms with Crippen molar-refractivity contribution in [3.8, 4) is 28.6 Å². The number of carbonyl (C=O) groups excluding carboxylic acids is 2. The minimum atomic E-state index is -1.03. The number of aromatic nitrogens is 6. The number of nitrogens with zero attached hydrogens (tertiary/aromatic N) is 8. The summed E-state index contributed by atoms with van der Waals surface area (Å²) in [7, 11) is 0. The smallest absolute Gasteiger partial charge is 0.362 e. The molecule has 18 nitrogen and oxygen atoms in total. The van der Waals surface area contributed by atoms with Crippen molar-refractivity contribution in [2.24, 2.45) is 0 Å². The van der Waals surface area contributed by atoms with Gasteiger partial charge in [-0.15, -0.1) is 0 Å². The molecular formula is C34H27F3N8O10. The first kappa shape index (κ1) is 40.1. The number of hydrogen-bond acceptors (Lipinski definition) is 14. The van der Waals surface area contributed by atoms with E-state index in [1.807, 2.05) is 0 Å². The van der Waals surface area contributed by atoms with Gasteiger partial charge in [0.05, 0.1) is 71.4 Å². The highest BCUT2D eigenvalue weighted by molar-refractivity contribution is 5.90. The summed E-state index contributed by atoms with van der Waals surface area (Å²) in [5.74, 6) is -4.58. The minimum absolute atomic E-state index is 0.0768. The van der Waals surface area contributed by atoms with Gasteiger partial charge >= 0.3 is 23.3 Å². The summed E-state index contributed by atoms with van der Waals surface area (Å²) < 4.78 is 55.9. The summed E-state index contributed by atoms with van der Waals surface area (Å²) in [5.41, 5.74) is -0.524.